The lowest BCUT2D eigenvalue weighted by Crippen LogP contribution is -2.50. The van der Waals surface area contributed by atoms with E-state index in [1.165, 1.54) is 0 Å². The summed E-state index contributed by atoms with van der Waals surface area (Å²) in [7, 11) is 0. The van der Waals surface area contributed by atoms with Crippen LogP contribution in [0.3, 0.4) is 0 Å². The van der Waals surface area contributed by atoms with Gasteiger partial charge in [-0.25, -0.2) is 4.98 Å². The summed E-state index contributed by atoms with van der Waals surface area (Å²) >= 11 is 0. The first-order valence-corrected chi connectivity index (χ1v) is 9.65. The number of rotatable bonds is 6. The highest BCUT2D eigenvalue weighted by Crippen LogP contribution is 2.19. The predicted octanol–water partition coefficient (Wildman–Crippen LogP) is 1.20. The van der Waals surface area contributed by atoms with Gasteiger partial charge in [0.05, 0.1) is 31.4 Å². The Balaban J connectivity index is 1.51. The third kappa shape index (κ3) is 4.72. The average Bonchev–Trinajstić information content (AvgIpc) is 2.72. The molecule has 2 aliphatic heterocycles. The number of aromatic nitrogens is 1. The van der Waals surface area contributed by atoms with Crippen molar-refractivity contribution in [1.29, 1.82) is 0 Å². The standard InChI is InChI=1S/C19H30N4O3/c1-2-16(14-24)21-18-4-3-15(13-20-18)19(25)23-7-5-17(6-8-23)22-9-11-26-12-10-22/h3-4,13,16-17,24H,2,5-12,14H2,1H3,(H,20,21)/t16-/m1/s1. The Bertz CT molecular complexity index is 563. The van der Waals surface area contributed by atoms with Crippen LogP contribution < -0.4 is 5.32 Å². The predicted molar refractivity (Wildman–Crippen MR) is 100 cm³/mol. The Morgan fingerprint density at radius 2 is 2.04 bits per heavy atom. The molecule has 0 saturated carbocycles. The van der Waals surface area contributed by atoms with E-state index in [4.69, 9.17) is 4.74 Å². The normalized spacial score (nSPS) is 20.8. The van der Waals surface area contributed by atoms with Crippen molar-refractivity contribution in [3.05, 3.63) is 23.9 Å². The number of anilines is 1. The zero-order chi connectivity index (χ0) is 18.4. The van der Waals surface area contributed by atoms with E-state index in [0.29, 0.717) is 17.4 Å². The van der Waals surface area contributed by atoms with E-state index in [9.17, 15) is 9.90 Å². The largest absolute Gasteiger partial charge is 0.394 e. The molecule has 0 unspecified atom stereocenters. The van der Waals surface area contributed by atoms with Gasteiger partial charge in [-0.1, -0.05) is 6.92 Å². The van der Waals surface area contributed by atoms with Gasteiger partial charge >= 0.3 is 0 Å². The molecule has 2 fully saturated rings. The van der Waals surface area contributed by atoms with E-state index in [-0.39, 0.29) is 18.6 Å². The summed E-state index contributed by atoms with van der Waals surface area (Å²) in [4.78, 5) is 21.5. The summed E-state index contributed by atoms with van der Waals surface area (Å²) in [6.45, 7) is 7.31. The molecule has 1 aromatic rings. The van der Waals surface area contributed by atoms with E-state index in [2.05, 4.69) is 15.2 Å². The number of nitrogens with one attached hydrogen (secondary N) is 1. The first-order valence-electron chi connectivity index (χ1n) is 9.65. The molecule has 0 aromatic carbocycles. The van der Waals surface area contributed by atoms with Gasteiger partial charge in [-0.2, -0.15) is 0 Å². The number of hydrogen-bond acceptors (Lipinski definition) is 6. The average molecular weight is 362 g/mol. The molecule has 144 valence electrons. The smallest absolute Gasteiger partial charge is 0.255 e. The number of carbonyl (C=O) groups is 1. The Morgan fingerprint density at radius 3 is 2.62 bits per heavy atom. The van der Waals surface area contributed by atoms with Crippen LogP contribution in [0.2, 0.25) is 0 Å². The number of hydrogen-bond donors (Lipinski definition) is 2. The minimum atomic E-state index is -0.0109. The molecular weight excluding hydrogens is 332 g/mol. The molecule has 1 amide bonds. The second-order valence-corrected chi connectivity index (χ2v) is 7.04. The van der Waals surface area contributed by atoms with Crippen LogP contribution in [0.1, 0.15) is 36.5 Å². The number of piperidine rings is 1. The van der Waals surface area contributed by atoms with Crippen LogP contribution in [-0.2, 0) is 4.74 Å². The molecule has 2 aliphatic rings. The van der Waals surface area contributed by atoms with Crippen molar-refractivity contribution in [2.75, 3.05) is 51.3 Å². The van der Waals surface area contributed by atoms with Crippen molar-refractivity contribution >= 4 is 11.7 Å². The summed E-state index contributed by atoms with van der Waals surface area (Å²) in [5, 5.41) is 12.4. The van der Waals surface area contributed by atoms with Gasteiger partial charge in [0.25, 0.3) is 5.91 Å². The molecular formula is C19H30N4O3. The van der Waals surface area contributed by atoms with Crippen molar-refractivity contribution in [2.45, 2.75) is 38.3 Å². The fraction of sp³-hybridized carbons (Fsp3) is 0.684. The van der Waals surface area contributed by atoms with Gasteiger partial charge in [-0.05, 0) is 31.4 Å². The monoisotopic (exact) mass is 362 g/mol. The molecule has 3 heterocycles. The van der Waals surface area contributed by atoms with Crippen molar-refractivity contribution in [3.8, 4) is 0 Å². The van der Waals surface area contributed by atoms with E-state index < -0.39 is 0 Å². The molecule has 2 saturated heterocycles. The van der Waals surface area contributed by atoms with Gasteiger partial charge in [-0.15, -0.1) is 0 Å². The SMILES string of the molecule is CC[C@H](CO)Nc1ccc(C(=O)N2CCC(N3CCOCC3)CC2)cn1. The number of amides is 1. The van der Waals surface area contributed by atoms with Crippen LogP contribution in [0, 0.1) is 0 Å². The maximum atomic E-state index is 12.7. The van der Waals surface area contributed by atoms with Crippen LogP contribution in [0.15, 0.2) is 18.3 Å². The molecule has 0 aliphatic carbocycles. The van der Waals surface area contributed by atoms with E-state index in [1.54, 1.807) is 6.20 Å². The summed E-state index contributed by atoms with van der Waals surface area (Å²) in [5.74, 6) is 0.743. The molecule has 2 N–H and O–H groups in total. The Labute approximate surface area is 155 Å². The number of aliphatic hydroxyl groups is 1. The quantitative estimate of drug-likeness (QED) is 0.792. The molecule has 7 heteroatoms. The first kappa shape index (κ1) is 19.1. The lowest BCUT2D eigenvalue weighted by atomic mass is 10.0. The lowest BCUT2D eigenvalue weighted by Gasteiger charge is -2.40. The molecule has 7 nitrogen and oxygen atoms in total. The number of carbonyl (C=O) groups excluding carboxylic acids is 1. The van der Waals surface area contributed by atoms with Crippen LogP contribution in [-0.4, -0.2) is 83.9 Å². The Morgan fingerprint density at radius 1 is 1.31 bits per heavy atom. The Kier molecular flexibility index (Phi) is 6.82. The molecule has 0 radical (unpaired) electrons. The molecule has 3 rings (SSSR count). The van der Waals surface area contributed by atoms with Gasteiger partial charge < -0.3 is 20.1 Å². The third-order valence-corrected chi connectivity index (χ3v) is 5.39. The highest BCUT2D eigenvalue weighted by Gasteiger charge is 2.28. The summed E-state index contributed by atoms with van der Waals surface area (Å²) in [5.41, 5.74) is 0.623. The fourth-order valence-corrected chi connectivity index (χ4v) is 3.65. The third-order valence-electron chi connectivity index (χ3n) is 5.39. The van der Waals surface area contributed by atoms with Gasteiger partial charge in [0, 0.05) is 38.4 Å². The number of pyridine rings is 1. The summed E-state index contributed by atoms with van der Waals surface area (Å²) < 4.78 is 5.42. The lowest BCUT2D eigenvalue weighted by molar-refractivity contribution is 0.00158. The van der Waals surface area contributed by atoms with E-state index in [0.717, 1.165) is 58.7 Å². The molecule has 0 spiro atoms. The van der Waals surface area contributed by atoms with Crippen LogP contribution in [0.4, 0.5) is 5.82 Å². The molecule has 26 heavy (non-hydrogen) atoms. The Hall–Kier alpha value is -1.70. The van der Waals surface area contributed by atoms with Gasteiger partial charge in [-0.3, -0.25) is 9.69 Å². The van der Waals surface area contributed by atoms with Crippen molar-refractivity contribution in [2.24, 2.45) is 0 Å². The molecule has 0 bridgehead atoms. The number of likely N-dealkylation sites (tertiary alicyclic amines) is 1. The van der Waals surface area contributed by atoms with Gasteiger partial charge in [0.1, 0.15) is 5.82 Å². The second-order valence-electron chi connectivity index (χ2n) is 7.04. The van der Waals surface area contributed by atoms with E-state index >= 15 is 0 Å². The summed E-state index contributed by atoms with van der Waals surface area (Å²) in [6, 6.07) is 4.18. The number of aliphatic hydroxyl groups excluding tert-OH is 1. The van der Waals surface area contributed by atoms with Gasteiger partial charge in [0.15, 0.2) is 0 Å². The number of ether oxygens (including phenoxy) is 1. The van der Waals surface area contributed by atoms with Crippen molar-refractivity contribution < 1.29 is 14.6 Å². The highest BCUT2D eigenvalue weighted by atomic mass is 16.5. The number of morpholine rings is 1. The topological polar surface area (TPSA) is 77.9 Å². The van der Waals surface area contributed by atoms with Crippen molar-refractivity contribution in [1.82, 2.24) is 14.8 Å². The van der Waals surface area contributed by atoms with Crippen LogP contribution in [0.5, 0.6) is 0 Å². The maximum absolute atomic E-state index is 12.7. The minimum Gasteiger partial charge on any atom is -0.394 e. The van der Waals surface area contributed by atoms with Gasteiger partial charge in [0.2, 0.25) is 0 Å². The highest BCUT2D eigenvalue weighted by molar-refractivity contribution is 5.94. The van der Waals surface area contributed by atoms with Crippen LogP contribution in [0.25, 0.3) is 0 Å². The fourth-order valence-electron chi connectivity index (χ4n) is 3.65. The zero-order valence-electron chi connectivity index (χ0n) is 15.6. The minimum absolute atomic E-state index is 0.0109. The maximum Gasteiger partial charge on any atom is 0.255 e. The van der Waals surface area contributed by atoms with Crippen molar-refractivity contribution in [3.63, 3.8) is 0 Å². The number of nitrogens with zero attached hydrogens (tertiary/aromatic N) is 3. The summed E-state index contributed by atoms with van der Waals surface area (Å²) in [6.07, 6.45) is 4.49. The molecule has 1 atom stereocenters. The van der Waals surface area contributed by atoms with E-state index in [1.807, 2.05) is 24.0 Å². The molecule has 1 aromatic heterocycles. The van der Waals surface area contributed by atoms with Crippen LogP contribution >= 0.6 is 0 Å². The first-order chi connectivity index (χ1) is 12.7. The zero-order valence-corrected chi connectivity index (χ0v) is 15.6. The second kappa shape index (κ2) is 9.30.